The predicted octanol–water partition coefficient (Wildman–Crippen LogP) is 2.72. The molecule has 0 aliphatic heterocycles. The van der Waals surface area contributed by atoms with Crippen LogP contribution in [0.1, 0.15) is 32.2 Å². The first kappa shape index (κ1) is 17.7. The van der Waals surface area contributed by atoms with Gasteiger partial charge in [0.25, 0.3) is 0 Å². The summed E-state index contributed by atoms with van der Waals surface area (Å²) in [4.78, 5) is 9.15. The van der Waals surface area contributed by atoms with E-state index in [4.69, 9.17) is 0 Å². The van der Waals surface area contributed by atoms with Gasteiger partial charge in [-0.3, -0.25) is 0 Å². The van der Waals surface area contributed by atoms with Crippen LogP contribution in [0.4, 0.5) is 0 Å². The molecule has 2 aromatic heterocycles. The Morgan fingerprint density at radius 1 is 1.38 bits per heavy atom. The van der Waals surface area contributed by atoms with Gasteiger partial charge in [0.1, 0.15) is 5.65 Å². The minimum absolute atomic E-state index is 0. The van der Waals surface area contributed by atoms with Crippen LogP contribution in [0, 0.1) is 6.92 Å². The Labute approximate surface area is 143 Å². The first-order chi connectivity index (χ1) is 9.60. The van der Waals surface area contributed by atoms with Crippen molar-refractivity contribution in [3.05, 3.63) is 35.8 Å². The van der Waals surface area contributed by atoms with E-state index < -0.39 is 0 Å². The Kier molecular flexibility index (Phi) is 6.94. The van der Waals surface area contributed by atoms with Crippen molar-refractivity contribution in [2.24, 2.45) is 4.99 Å². The highest BCUT2D eigenvalue weighted by Gasteiger charge is 2.04. The number of halogens is 1. The first-order valence-corrected chi connectivity index (χ1v) is 7.08. The molecule has 0 aromatic carbocycles. The molecular formula is C15H24IN5. The van der Waals surface area contributed by atoms with Crippen molar-refractivity contribution in [1.29, 1.82) is 0 Å². The van der Waals surface area contributed by atoms with E-state index in [-0.39, 0.29) is 24.0 Å². The topological polar surface area (TPSA) is 53.7 Å². The van der Waals surface area contributed by atoms with Crippen LogP contribution in [0.2, 0.25) is 0 Å². The number of nitrogens with one attached hydrogen (secondary N) is 2. The second-order valence-corrected chi connectivity index (χ2v) is 5.12. The fourth-order valence-corrected chi connectivity index (χ4v) is 2.03. The predicted molar refractivity (Wildman–Crippen MR) is 98.4 cm³/mol. The quantitative estimate of drug-likeness (QED) is 0.471. The van der Waals surface area contributed by atoms with Gasteiger partial charge in [-0.05, 0) is 39.8 Å². The number of aryl methyl sites for hydroxylation is 1. The standard InChI is InChI=1S/C15H23N5.HI/c1-5-16-15(18-11(2)3)17-9-13-10-20-12(4)7-6-8-14(20)19-13;/h6-8,10-11H,5,9H2,1-4H3,(H2,16,17,18);1H. The van der Waals surface area contributed by atoms with Gasteiger partial charge in [0.2, 0.25) is 0 Å². The second-order valence-electron chi connectivity index (χ2n) is 5.12. The molecule has 0 spiro atoms. The molecule has 0 saturated carbocycles. The Balaban J connectivity index is 0.00000220. The average molecular weight is 401 g/mol. The molecular weight excluding hydrogens is 377 g/mol. The van der Waals surface area contributed by atoms with Crippen LogP contribution in [0.15, 0.2) is 29.4 Å². The van der Waals surface area contributed by atoms with Crippen LogP contribution in [0.25, 0.3) is 5.65 Å². The number of aromatic nitrogens is 2. The van der Waals surface area contributed by atoms with E-state index >= 15 is 0 Å². The van der Waals surface area contributed by atoms with Crippen molar-refractivity contribution in [3.8, 4) is 0 Å². The lowest BCUT2D eigenvalue weighted by atomic mass is 10.4. The zero-order chi connectivity index (χ0) is 14.5. The monoisotopic (exact) mass is 401 g/mol. The summed E-state index contributed by atoms with van der Waals surface area (Å²) in [7, 11) is 0. The smallest absolute Gasteiger partial charge is 0.191 e. The lowest BCUT2D eigenvalue weighted by molar-refractivity contribution is 0.700. The van der Waals surface area contributed by atoms with Gasteiger partial charge in [-0.2, -0.15) is 0 Å². The van der Waals surface area contributed by atoms with E-state index in [1.165, 1.54) is 5.69 Å². The number of hydrogen-bond donors (Lipinski definition) is 2. The SMILES string of the molecule is CCNC(=NCc1cn2c(C)cccc2n1)NC(C)C.I. The molecule has 21 heavy (non-hydrogen) atoms. The minimum Gasteiger partial charge on any atom is -0.357 e. The van der Waals surface area contributed by atoms with E-state index in [1.54, 1.807) is 0 Å². The number of imidazole rings is 1. The van der Waals surface area contributed by atoms with Crippen LogP contribution in [0.5, 0.6) is 0 Å². The molecule has 0 aliphatic carbocycles. The third-order valence-electron chi connectivity index (χ3n) is 2.91. The van der Waals surface area contributed by atoms with Crippen LogP contribution < -0.4 is 10.6 Å². The Hall–Kier alpha value is -1.31. The van der Waals surface area contributed by atoms with Crippen molar-refractivity contribution in [3.63, 3.8) is 0 Å². The summed E-state index contributed by atoms with van der Waals surface area (Å²) in [6, 6.07) is 6.47. The van der Waals surface area contributed by atoms with Crippen molar-refractivity contribution < 1.29 is 0 Å². The highest BCUT2D eigenvalue weighted by molar-refractivity contribution is 14.0. The number of aliphatic imine (C=N–C) groups is 1. The minimum atomic E-state index is 0. The van der Waals surface area contributed by atoms with Gasteiger partial charge in [0, 0.05) is 24.5 Å². The maximum absolute atomic E-state index is 4.59. The third kappa shape index (κ3) is 4.87. The van der Waals surface area contributed by atoms with Gasteiger partial charge in [0.05, 0.1) is 12.2 Å². The number of nitrogens with zero attached hydrogens (tertiary/aromatic N) is 3. The molecule has 6 heteroatoms. The van der Waals surface area contributed by atoms with Crippen LogP contribution in [-0.2, 0) is 6.54 Å². The highest BCUT2D eigenvalue weighted by atomic mass is 127. The molecule has 5 nitrogen and oxygen atoms in total. The number of fused-ring (bicyclic) bond motifs is 1. The van der Waals surface area contributed by atoms with E-state index in [0.717, 1.165) is 23.8 Å². The summed E-state index contributed by atoms with van der Waals surface area (Å²) >= 11 is 0. The Bertz CT molecular complexity index is 603. The highest BCUT2D eigenvalue weighted by Crippen LogP contribution is 2.09. The fourth-order valence-electron chi connectivity index (χ4n) is 2.03. The van der Waals surface area contributed by atoms with Crippen molar-refractivity contribution in [2.45, 2.75) is 40.3 Å². The average Bonchev–Trinajstić information content (AvgIpc) is 2.80. The molecule has 0 radical (unpaired) electrons. The summed E-state index contributed by atoms with van der Waals surface area (Å²) < 4.78 is 2.09. The second kappa shape index (κ2) is 8.21. The number of rotatable bonds is 4. The van der Waals surface area contributed by atoms with Crippen LogP contribution >= 0.6 is 24.0 Å². The van der Waals surface area contributed by atoms with E-state index in [2.05, 4.69) is 58.8 Å². The van der Waals surface area contributed by atoms with Gasteiger partial charge in [-0.1, -0.05) is 6.07 Å². The number of guanidine groups is 1. The molecule has 116 valence electrons. The molecule has 2 heterocycles. The van der Waals surface area contributed by atoms with Crippen molar-refractivity contribution in [2.75, 3.05) is 6.54 Å². The normalized spacial score (nSPS) is 11.6. The molecule has 0 fully saturated rings. The van der Waals surface area contributed by atoms with E-state index in [9.17, 15) is 0 Å². The first-order valence-electron chi connectivity index (χ1n) is 7.08. The molecule has 0 bridgehead atoms. The maximum Gasteiger partial charge on any atom is 0.191 e. The number of pyridine rings is 1. The zero-order valence-corrected chi connectivity index (χ0v) is 15.4. The lowest BCUT2D eigenvalue weighted by Gasteiger charge is -2.13. The summed E-state index contributed by atoms with van der Waals surface area (Å²) in [5.41, 5.74) is 3.12. The summed E-state index contributed by atoms with van der Waals surface area (Å²) in [6.07, 6.45) is 2.05. The molecule has 0 amide bonds. The Morgan fingerprint density at radius 2 is 2.14 bits per heavy atom. The van der Waals surface area contributed by atoms with Gasteiger partial charge in [-0.15, -0.1) is 24.0 Å². The summed E-state index contributed by atoms with van der Waals surface area (Å²) in [5, 5.41) is 6.53. The maximum atomic E-state index is 4.59. The molecule has 2 aromatic rings. The van der Waals surface area contributed by atoms with Gasteiger partial charge in [0.15, 0.2) is 5.96 Å². The van der Waals surface area contributed by atoms with Gasteiger partial charge < -0.3 is 15.0 Å². The molecule has 2 rings (SSSR count). The van der Waals surface area contributed by atoms with Crippen LogP contribution in [-0.4, -0.2) is 27.9 Å². The zero-order valence-electron chi connectivity index (χ0n) is 13.1. The van der Waals surface area contributed by atoms with Gasteiger partial charge >= 0.3 is 0 Å². The summed E-state index contributed by atoms with van der Waals surface area (Å²) in [5.74, 6) is 0.830. The van der Waals surface area contributed by atoms with Crippen molar-refractivity contribution in [1.82, 2.24) is 20.0 Å². The van der Waals surface area contributed by atoms with Crippen molar-refractivity contribution >= 4 is 35.6 Å². The molecule has 0 saturated heterocycles. The summed E-state index contributed by atoms with van der Waals surface area (Å²) in [6.45, 7) is 9.76. The van der Waals surface area contributed by atoms with E-state index in [0.29, 0.717) is 12.6 Å². The molecule has 0 unspecified atom stereocenters. The molecule has 0 aliphatic rings. The van der Waals surface area contributed by atoms with Gasteiger partial charge in [-0.25, -0.2) is 9.98 Å². The van der Waals surface area contributed by atoms with Crippen LogP contribution in [0.3, 0.4) is 0 Å². The van der Waals surface area contributed by atoms with E-state index in [1.807, 2.05) is 18.3 Å². The lowest BCUT2D eigenvalue weighted by Crippen LogP contribution is -2.41. The molecule has 0 atom stereocenters. The third-order valence-corrected chi connectivity index (χ3v) is 2.91. The fraction of sp³-hybridized carbons (Fsp3) is 0.467. The Morgan fingerprint density at radius 3 is 2.76 bits per heavy atom. The molecule has 2 N–H and O–H groups in total. The largest absolute Gasteiger partial charge is 0.357 e. The number of hydrogen-bond acceptors (Lipinski definition) is 2.